The zero-order valence-corrected chi connectivity index (χ0v) is 14.1. The van der Waals surface area contributed by atoms with Crippen LogP contribution in [0.5, 0.6) is 5.75 Å². The van der Waals surface area contributed by atoms with Gasteiger partial charge in [0.1, 0.15) is 16.5 Å². The predicted octanol–water partition coefficient (Wildman–Crippen LogP) is 3.05. The van der Waals surface area contributed by atoms with Gasteiger partial charge >= 0.3 is 0 Å². The number of fused-ring (bicyclic) bond motifs is 4. The van der Waals surface area contributed by atoms with Crippen LogP contribution < -0.4 is 10.5 Å². The fourth-order valence-electron chi connectivity index (χ4n) is 3.82. The van der Waals surface area contributed by atoms with E-state index in [9.17, 15) is 5.26 Å². The van der Waals surface area contributed by atoms with Crippen LogP contribution in [0.25, 0.3) is 10.2 Å². The lowest BCUT2D eigenvalue weighted by molar-refractivity contribution is 0.101. The quantitative estimate of drug-likeness (QED) is 0.804. The summed E-state index contributed by atoms with van der Waals surface area (Å²) in [6.07, 6.45) is 0.617. The molecule has 0 saturated carbocycles. The Morgan fingerprint density at radius 1 is 1.48 bits per heavy atom. The Hall–Kier alpha value is -2.10. The van der Waals surface area contributed by atoms with Crippen LogP contribution in [-0.2, 0) is 10.2 Å². The first kappa shape index (κ1) is 14.5. The molecule has 0 radical (unpaired) electrons. The summed E-state index contributed by atoms with van der Waals surface area (Å²) in [4.78, 5) is 6.60. The molecule has 2 aliphatic heterocycles. The molecule has 4 rings (SSSR count). The second-order valence-corrected chi connectivity index (χ2v) is 7.21. The van der Waals surface area contributed by atoms with E-state index in [4.69, 9.17) is 15.2 Å². The van der Waals surface area contributed by atoms with E-state index in [1.807, 2.05) is 26.8 Å². The summed E-state index contributed by atoms with van der Waals surface area (Å²) >= 11 is 1.59. The number of rotatable bonds is 0. The van der Waals surface area contributed by atoms with Gasteiger partial charge in [0.2, 0.25) is 5.88 Å². The number of hydrogen-bond acceptors (Lipinski definition) is 6. The minimum atomic E-state index is -0.516. The van der Waals surface area contributed by atoms with E-state index in [0.29, 0.717) is 12.2 Å². The molecule has 0 amide bonds. The lowest BCUT2D eigenvalue weighted by atomic mass is 9.72. The van der Waals surface area contributed by atoms with Crippen LogP contribution in [0.15, 0.2) is 17.5 Å². The zero-order valence-electron chi connectivity index (χ0n) is 13.3. The number of pyridine rings is 1. The van der Waals surface area contributed by atoms with Gasteiger partial charge in [0.25, 0.3) is 0 Å². The molecule has 1 spiro atoms. The summed E-state index contributed by atoms with van der Waals surface area (Å²) in [5.74, 6) is 0.945. The summed E-state index contributed by atoms with van der Waals surface area (Å²) in [5, 5.41) is 10.7. The van der Waals surface area contributed by atoms with Gasteiger partial charge < -0.3 is 15.2 Å². The van der Waals surface area contributed by atoms with Gasteiger partial charge in [-0.2, -0.15) is 5.26 Å². The van der Waals surface area contributed by atoms with Crippen LogP contribution in [0.2, 0.25) is 0 Å². The average Bonchev–Trinajstić information content (AvgIpc) is 3.02. The SMILES string of the molecule is Cc1cc(C)c2c3c(sc2n1)C1(CCOC1C)C(C#N)=C(N)O3. The van der Waals surface area contributed by atoms with Crippen molar-refractivity contribution in [1.29, 1.82) is 5.26 Å². The van der Waals surface area contributed by atoms with Crippen LogP contribution >= 0.6 is 11.3 Å². The molecular formula is C17H17N3O2S. The van der Waals surface area contributed by atoms with Crippen molar-refractivity contribution in [1.82, 2.24) is 4.98 Å². The Kier molecular flexibility index (Phi) is 2.96. The van der Waals surface area contributed by atoms with Crippen molar-refractivity contribution in [3.8, 4) is 11.8 Å². The highest BCUT2D eigenvalue weighted by Crippen LogP contribution is 2.56. The molecule has 4 heterocycles. The summed E-state index contributed by atoms with van der Waals surface area (Å²) in [7, 11) is 0. The van der Waals surface area contributed by atoms with Gasteiger partial charge in [-0.05, 0) is 38.8 Å². The van der Waals surface area contributed by atoms with E-state index in [1.165, 1.54) is 0 Å². The normalized spacial score (nSPS) is 26.4. The summed E-state index contributed by atoms with van der Waals surface area (Å²) < 4.78 is 11.7. The number of nitrogens with zero attached hydrogens (tertiary/aromatic N) is 2. The molecule has 118 valence electrons. The molecule has 6 heteroatoms. The lowest BCUT2D eigenvalue weighted by Crippen LogP contribution is -2.40. The number of thiophene rings is 1. The molecule has 5 nitrogen and oxygen atoms in total. The van der Waals surface area contributed by atoms with Gasteiger partial charge in [0, 0.05) is 12.3 Å². The van der Waals surface area contributed by atoms with E-state index in [1.54, 1.807) is 11.3 Å². The fraction of sp³-hybridized carbons (Fsp3) is 0.412. The monoisotopic (exact) mass is 327 g/mol. The maximum atomic E-state index is 9.67. The average molecular weight is 327 g/mol. The number of nitrogens with two attached hydrogens (primary N) is 1. The molecule has 2 aliphatic rings. The number of aryl methyl sites for hydroxylation is 2. The molecule has 2 unspecified atom stereocenters. The second kappa shape index (κ2) is 4.70. The van der Waals surface area contributed by atoms with E-state index in [2.05, 4.69) is 11.1 Å². The van der Waals surface area contributed by atoms with Gasteiger partial charge in [-0.3, -0.25) is 0 Å². The number of hydrogen-bond donors (Lipinski definition) is 1. The first-order valence-corrected chi connectivity index (χ1v) is 8.41. The van der Waals surface area contributed by atoms with Crippen molar-refractivity contribution in [2.24, 2.45) is 5.73 Å². The highest BCUT2D eigenvalue weighted by molar-refractivity contribution is 7.19. The van der Waals surface area contributed by atoms with Gasteiger partial charge in [-0.25, -0.2) is 4.98 Å². The molecule has 0 aliphatic carbocycles. The fourth-order valence-corrected chi connectivity index (χ4v) is 5.35. The van der Waals surface area contributed by atoms with Crippen molar-refractivity contribution in [3.63, 3.8) is 0 Å². The lowest BCUT2D eigenvalue weighted by Gasteiger charge is -2.35. The van der Waals surface area contributed by atoms with Gasteiger partial charge in [-0.15, -0.1) is 11.3 Å². The maximum Gasteiger partial charge on any atom is 0.205 e. The smallest absolute Gasteiger partial charge is 0.205 e. The van der Waals surface area contributed by atoms with Gasteiger partial charge in [-0.1, -0.05) is 0 Å². The van der Waals surface area contributed by atoms with Crippen molar-refractivity contribution in [2.75, 3.05) is 6.61 Å². The molecule has 2 aromatic heterocycles. The molecule has 1 saturated heterocycles. The first-order valence-electron chi connectivity index (χ1n) is 7.60. The Morgan fingerprint density at radius 2 is 2.26 bits per heavy atom. The molecule has 1 fully saturated rings. The first-order chi connectivity index (χ1) is 11.0. The number of aromatic nitrogens is 1. The van der Waals surface area contributed by atoms with Crippen molar-refractivity contribution < 1.29 is 9.47 Å². The Labute approximate surface area is 138 Å². The molecule has 2 aromatic rings. The number of nitriles is 1. The topological polar surface area (TPSA) is 81.2 Å². The van der Waals surface area contributed by atoms with Crippen LogP contribution in [0.3, 0.4) is 0 Å². The van der Waals surface area contributed by atoms with Gasteiger partial charge in [0.15, 0.2) is 5.75 Å². The van der Waals surface area contributed by atoms with Crippen molar-refractivity contribution >= 4 is 21.6 Å². The highest BCUT2D eigenvalue weighted by Gasteiger charge is 2.53. The van der Waals surface area contributed by atoms with Crippen molar-refractivity contribution in [3.05, 3.63) is 33.7 Å². The van der Waals surface area contributed by atoms with Crippen LogP contribution in [0.1, 0.15) is 29.5 Å². The Morgan fingerprint density at radius 3 is 2.91 bits per heavy atom. The predicted molar refractivity (Wildman–Crippen MR) is 88.3 cm³/mol. The van der Waals surface area contributed by atoms with E-state index in [-0.39, 0.29) is 12.0 Å². The molecule has 0 aromatic carbocycles. The summed E-state index contributed by atoms with van der Waals surface area (Å²) in [6, 6.07) is 4.31. The van der Waals surface area contributed by atoms with E-state index in [0.717, 1.165) is 38.5 Å². The third-order valence-corrected chi connectivity index (χ3v) is 6.17. The van der Waals surface area contributed by atoms with Crippen LogP contribution in [0.4, 0.5) is 0 Å². The molecular weight excluding hydrogens is 310 g/mol. The van der Waals surface area contributed by atoms with E-state index < -0.39 is 5.41 Å². The largest absolute Gasteiger partial charge is 0.439 e. The minimum absolute atomic E-state index is 0.118. The standard InChI is InChI=1S/C17H17N3O2S/c1-8-6-9(2)20-16-12(8)13-14(23-16)17(4-5-21-10(17)3)11(7-18)15(19)22-13/h6,10H,4-5,19H2,1-3H3. The third-order valence-electron chi connectivity index (χ3n) is 4.92. The second-order valence-electron chi connectivity index (χ2n) is 6.21. The Bertz CT molecular complexity index is 909. The summed E-state index contributed by atoms with van der Waals surface area (Å²) in [6.45, 7) is 6.64. The third kappa shape index (κ3) is 1.72. The maximum absolute atomic E-state index is 9.67. The molecule has 2 N–H and O–H groups in total. The zero-order chi connectivity index (χ0) is 16.4. The highest BCUT2D eigenvalue weighted by atomic mass is 32.1. The van der Waals surface area contributed by atoms with Gasteiger partial charge in [0.05, 0.1) is 21.8 Å². The molecule has 23 heavy (non-hydrogen) atoms. The van der Waals surface area contributed by atoms with E-state index >= 15 is 0 Å². The molecule has 0 bridgehead atoms. The van der Waals surface area contributed by atoms with Crippen LogP contribution in [-0.4, -0.2) is 17.7 Å². The number of ether oxygens (including phenoxy) is 2. The summed E-state index contributed by atoms with van der Waals surface area (Å²) in [5.41, 5.74) is 8.16. The van der Waals surface area contributed by atoms with Crippen LogP contribution in [0, 0.1) is 25.2 Å². The Balaban J connectivity index is 2.10. The van der Waals surface area contributed by atoms with Crippen molar-refractivity contribution in [2.45, 2.75) is 38.7 Å². The molecule has 2 atom stereocenters. The minimum Gasteiger partial charge on any atom is -0.439 e.